The van der Waals surface area contributed by atoms with Gasteiger partial charge in [-0.2, -0.15) is 11.8 Å². The minimum atomic E-state index is 0.570. The molecule has 2 heteroatoms. The molecule has 1 nitrogen and oxygen atoms in total. The van der Waals surface area contributed by atoms with Gasteiger partial charge < -0.3 is 5.32 Å². The molecule has 0 aliphatic heterocycles. The third kappa shape index (κ3) is 2.44. The van der Waals surface area contributed by atoms with Gasteiger partial charge in [-0.05, 0) is 36.3 Å². The second-order valence-corrected chi connectivity index (χ2v) is 5.84. The van der Waals surface area contributed by atoms with Crippen molar-refractivity contribution in [3.8, 4) is 0 Å². The zero-order valence-corrected chi connectivity index (χ0v) is 11.0. The van der Waals surface area contributed by atoms with E-state index in [9.17, 15) is 0 Å². The molecule has 1 N–H and O–H groups in total. The first-order valence-electron chi connectivity index (χ1n) is 6.29. The summed E-state index contributed by atoms with van der Waals surface area (Å²) in [7, 11) is 0. The van der Waals surface area contributed by atoms with Gasteiger partial charge >= 0.3 is 0 Å². The SMILES string of the molecule is CCCNC1c2ccccc2CC1SCC. The number of thioether (sulfide) groups is 1. The number of nitrogens with one attached hydrogen (secondary N) is 1. The zero-order valence-electron chi connectivity index (χ0n) is 10.2. The molecule has 0 fully saturated rings. The normalized spacial score (nSPS) is 23.4. The van der Waals surface area contributed by atoms with Crippen LogP contribution < -0.4 is 5.32 Å². The molecule has 2 atom stereocenters. The van der Waals surface area contributed by atoms with E-state index in [1.165, 1.54) is 24.2 Å². The van der Waals surface area contributed by atoms with E-state index >= 15 is 0 Å². The minimum Gasteiger partial charge on any atom is -0.309 e. The van der Waals surface area contributed by atoms with Gasteiger partial charge in [-0.1, -0.05) is 38.1 Å². The summed E-state index contributed by atoms with van der Waals surface area (Å²) in [5.74, 6) is 1.21. The summed E-state index contributed by atoms with van der Waals surface area (Å²) in [5, 5.41) is 4.43. The van der Waals surface area contributed by atoms with E-state index in [2.05, 4.69) is 55.2 Å². The van der Waals surface area contributed by atoms with Gasteiger partial charge in [0.05, 0.1) is 0 Å². The summed E-state index contributed by atoms with van der Waals surface area (Å²) < 4.78 is 0. The van der Waals surface area contributed by atoms with Gasteiger partial charge in [-0.15, -0.1) is 0 Å². The van der Waals surface area contributed by atoms with Crippen LogP contribution in [0.25, 0.3) is 0 Å². The molecule has 2 rings (SSSR count). The smallest absolute Gasteiger partial charge is 0.0446 e. The summed E-state index contributed by atoms with van der Waals surface area (Å²) in [4.78, 5) is 0. The molecule has 2 unspecified atom stereocenters. The van der Waals surface area contributed by atoms with E-state index in [1.807, 2.05) is 0 Å². The Balaban J connectivity index is 2.14. The van der Waals surface area contributed by atoms with Gasteiger partial charge in [0.25, 0.3) is 0 Å². The first-order chi connectivity index (χ1) is 7.86. The second kappa shape index (κ2) is 5.74. The van der Waals surface area contributed by atoms with Crippen LogP contribution in [0.3, 0.4) is 0 Å². The Morgan fingerprint density at radius 3 is 2.88 bits per heavy atom. The van der Waals surface area contributed by atoms with Crippen LogP contribution in [0.4, 0.5) is 0 Å². The summed E-state index contributed by atoms with van der Waals surface area (Å²) in [5.41, 5.74) is 3.07. The van der Waals surface area contributed by atoms with Crippen molar-refractivity contribution in [3.63, 3.8) is 0 Å². The Morgan fingerprint density at radius 1 is 1.31 bits per heavy atom. The molecule has 1 aliphatic rings. The first-order valence-corrected chi connectivity index (χ1v) is 7.34. The lowest BCUT2D eigenvalue weighted by atomic mass is 10.1. The number of fused-ring (bicyclic) bond motifs is 1. The number of rotatable bonds is 5. The summed E-state index contributed by atoms with van der Waals surface area (Å²) in [6.07, 6.45) is 2.44. The predicted octanol–water partition coefficient (Wildman–Crippen LogP) is 3.41. The van der Waals surface area contributed by atoms with E-state index in [1.54, 1.807) is 5.56 Å². The maximum absolute atomic E-state index is 3.70. The monoisotopic (exact) mass is 235 g/mol. The fourth-order valence-electron chi connectivity index (χ4n) is 2.47. The van der Waals surface area contributed by atoms with E-state index in [0.717, 1.165) is 11.8 Å². The van der Waals surface area contributed by atoms with Crippen molar-refractivity contribution in [2.75, 3.05) is 12.3 Å². The summed E-state index contributed by atoms with van der Waals surface area (Å²) >= 11 is 2.09. The highest BCUT2D eigenvalue weighted by molar-refractivity contribution is 7.99. The molecule has 1 aromatic carbocycles. The quantitative estimate of drug-likeness (QED) is 0.839. The molecule has 0 heterocycles. The van der Waals surface area contributed by atoms with Gasteiger partial charge in [0, 0.05) is 11.3 Å². The van der Waals surface area contributed by atoms with Gasteiger partial charge in [-0.25, -0.2) is 0 Å². The highest BCUT2D eigenvalue weighted by Gasteiger charge is 2.31. The number of hydrogen-bond acceptors (Lipinski definition) is 2. The number of benzene rings is 1. The Morgan fingerprint density at radius 2 is 2.12 bits per heavy atom. The Labute approximate surface area is 103 Å². The van der Waals surface area contributed by atoms with Gasteiger partial charge in [0.2, 0.25) is 0 Å². The average Bonchev–Trinajstić information content (AvgIpc) is 2.65. The standard InChI is InChI=1S/C14H21NS/c1-3-9-15-14-12-8-6-5-7-11(12)10-13(14)16-4-2/h5-8,13-15H,3-4,9-10H2,1-2H3. The fraction of sp³-hybridized carbons (Fsp3) is 0.571. The molecular weight excluding hydrogens is 214 g/mol. The van der Waals surface area contributed by atoms with Crippen LogP contribution >= 0.6 is 11.8 Å². The zero-order chi connectivity index (χ0) is 11.4. The molecule has 0 bridgehead atoms. The van der Waals surface area contributed by atoms with Crippen LogP contribution in [0.15, 0.2) is 24.3 Å². The van der Waals surface area contributed by atoms with Crippen molar-refractivity contribution in [1.82, 2.24) is 5.32 Å². The van der Waals surface area contributed by atoms with Crippen molar-refractivity contribution in [3.05, 3.63) is 35.4 Å². The lowest BCUT2D eigenvalue weighted by Crippen LogP contribution is -2.27. The van der Waals surface area contributed by atoms with E-state index in [0.29, 0.717) is 6.04 Å². The Kier molecular flexibility index (Phi) is 4.30. The highest BCUT2D eigenvalue weighted by atomic mass is 32.2. The minimum absolute atomic E-state index is 0.570. The maximum Gasteiger partial charge on any atom is 0.0446 e. The Hall–Kier alpha value is -0.470. The van der Waals surface area contributed by atoms with Gasteiger partial charge in [-0.3, -0.25) is 0 Å². The molecule has 0 saturated heterocycles. The van der Waals surface area contributed by atoms with Gasteiger partial charge in [0.1, 0.15) is 0 Å². The van der Waals surface area contributed by atoms with Crippen molar-refractivity contribution in [2.24, 2.45) is 0 Å². The fourth-order valence-corrected chi connectivity index (χ4v) is 3.63. The lowest BCUT2D eigenvalue weighted by molar-refractivity contribution is 0.539. The summed E-state index contributed by atoms with van der Waals surface area (Å²) in [6, 6.07) is 9.47. The van der Waals surface area contributed by atoms with Gasteiger partial charge in [0.15, 0.2) is 0 Å². The van der Waals surface area contributed by atoms with E-state index in [-0.39, 0.29) is 0 Å². The molecule has 88 valence electrons. The van der Waals surface area contributed by atoms with Crippen LogP contribution in [-0.2, 0) is 6.42 Å². The predicted molar refractivity (Wildman–Crippen MR) is 73.1 cm³/mol. The van der Waals surface area contributed by atoms with Crippen LogP contribution in [0.5, 0.6) is 0 Å². The lowest BCUT2D eigenvalue weighted by Gasteiger charge is -2.21. The van der Waals surface area contributed by atoms with Crippen LogP contribution in [0.2, 0.25) is 0 Å². The maximum atomic E-state index is 3.70. The van der Waals surface area contributed by atoms with E-state index < -0.39 is 0 Å². The molecule has 0 radical (unpaired) electrons. The van der Waals surface area contributed by atoms with Crippen LogP contribution in [0.1, 0.15) is 37.4 Å². The Bertz CT molecular complexity index is 337. The molecule has 1 aliphatic carbocycles. The molecule has 0 aromatic heterocycles. The first kappa shape index (κ1) is 12.0. The second-order valence-electron chi connectivity index (χ2n) is 4.33. The molecule has 16 heavy (non-hydrogen) atoms. The van der Waals surface area contributed by atoms with Crippen molar-refractivity contribution >= 4 is 11.8 Å². The van der Waals surface area contributed by atoms with Crippen LogP contribution in [0, 0.1) is 0 Å². The van der Waals surface area contributed by atoms with E-state index in [4.69, 9.17) is 0 Å². The third-order valence-corrected chi connectivity index (χ3v) is 4.38. The molecule has 0 saturated carbocycles. The average molecular weight is 235 g/mol. The molecular formula is C14H21NS. The van der Waals surface area contributed by atoms with Crippen molar-refractivity contribution in [2.45, 2.75) is 38.0 Å². The number of hydrogen-bond donors (Lipinski definition) is 1. The van der Waals surface area contributed by atoms with Crippen LogP contribution in [-0.4, -0.2) is 17.5 Å². The largest absolute Gasteiger partial charge is 0.309 e. The topological polar surface area (TPSA) is 12.0 Å². The molecule has 0 spiro atoms. The third-order valence-electron chi connectivity index (χ3n) is 3.18. The van der Waals surface area contributed by atoms with Crippen molar-refractivity contribution in [1.29, 1.82) is 0 Å². The molecule has 0 amide bonds. The summed E-state index contributed by atoms with van der Waals surface area (Å²) in [6.45, 7) is 5.61. The molecule has 1 aromatic rings. The van der Waals surface area contributed by atoms with Crippen molar-refractivity contribution < 1.29 is 0 Å². The highest BCUT2D eigenvalue weighted by Crippen LogP contribution is 2.38.